The van der Waals surface area contributed by atoms with Crippen molar-refractivity contribution in [2.24, 2.45) is 0 Å². The zero-order valence-corrected chi connectivity index (χ0v) is 7.65. The predicted octanol–water partition coefficient (Wildman–Crippen LogP) is 0.865. The van der Waals surface area contributed by atoms with E-state index in [1.54, 1.807) is 0 Å². The fraction of sp³-hybridized carbons (Fsp3) is 0.429. The van der Waals surface area contributed by atoms with Crippen LogP contribution in [0, 0.1) is 0 Å². The van der Waals surface area contributed by atoms with E-state index in [2.05, 4.69) is 10.3 Å². The van der Waals surface area contributed by atoms with Gasteiger partial charge in [-0.15, -0.1) is 0 Å². The Morgan fingerprint density at radius 2 is 2.58 bits per heavy atom. The number of nitrogens with zero attached hydrogens (tertiary/aromatic N) is 1. The molecule has 1 rings (SSSR count). The van der Waals surface area contributed by atoms with Crippen molar-refractivity contribution < 1.29 is 4.79 Å². The summed E-state index contributed by atoms with van der Waals surface area (Å²) in [6.45, 7) is 2.68. The Balaban J connectivity index is 2.53. The van der Waals surface area contributed by atoms with E-state index in [-0.39, 0.29) is 5.91 Å². The standard InChI is InChI=1S/C7H11N3OS/c1-2-3-9-6(11)7-10-4-5(8)12-7/h4H,2-3,8H2,1H3,(H,9,11). The first kappa shape index (κ1) is 8.99. The van der Waals surface area contributed by atoms with Gasteiger partial charge in [0.05, 0.1) is 6.20 Å². The summed E-state index contributed by atoms with van der Waals surface area (Å²) in [7, 11) is 0. The van der Waals surface area contributed by atoms with E-state index in [0.29, 0.717) is 16.6 Å². The maximum Gasteiger partial charge on any atom is 0.280 e. The van der Waals surface area contributed by atoms with Crippen LogP contribution in [-0.4, -0.2) is 17.4 Å². The summed E-state index contributed by atoms with van der Waals surface area (Å²) in [6, 6.07) is 0. The van der Waals surface area contributed by atoms with E-state index in [9.17, 15) is 4.79 Å². The molecule has 0 aliphatic rings. The van der Waals surface area contributed by atoms with Crippen molar-refractivity contribution in [1.29, 1.82) is 0 Å². The summed E-state index contributed by atoms with van der Waals surface area (Å²) in [5.41, 5.74) is 5.42. The lowest BCUT2D eigenvalue weighted by atomic mass is 10.5. The lowest BCUT2D eigenvalue weighted by Gasteiger charge is -1.97. The third-order valence-corrected chi connectivity index (χ3v) is 2.08. The molecule has 0 aliphatic carbocycles. The van der Waals surface area contributed by atoms with Crippen LogP contribution >= 0.6 is 11.3 Å². The zero-order chi connectivity index (χ0) is 8.97. The number of carbonyl (C=O) groups excluding carboxylic acids is 1. The number of nitrogens with one attached hydrogen (secondary N) is 1. The van der Waals surface area contributed by atoms with E-state index in [1.807, 2.05) is 6.92 Å². The number of carbonyl (C=O) groups is 1. The first-order chi connectivity index (χ1) is 5.74. The van der Waals surface area contributed by atoms with Crippen molar-refractivity contribution in [1.82, 2.24) is 10.3 Å². The third kappa shape index (κ3) is 2.20. The second-order valence-electron chi connectivity index (χ2n) is 2.32. The second kappa shape index (κ2) is 4.06. The van der Waals surface area contributed by atoms with Crippen LogP contribution in [0.1, 0.15) is 23.1 Å². The summed E-state index contributed by atoms with van der Waals surface area (Å²) in [4.78, 5) is 15.0. The lowest BCUT2D eigenvalue weighted by Crippen LogP contribution is -2.23. The minimum absolute atomic E-state index is 0.140. The van der Waals surface area contributed by atoms with Gasteiger partial charge >= 0.3 is 0 Å². The Hall–Kier alpha value is -1.10. The monoisotopic (exact) mass is 185 g/mol. The first-order valence-electron chi connectivity index (χ1n) is 3.73. The Labute approximate surface area is 74.8 Å². The molecule has 1 aromatic heterocycles. The van der Waals surface area contributed by atoms with Crippen LogP contribution in [0.5, 0.6) is 0 Å². The molecule has 0 atom stereocenters. The maximum absolute atomic E-state index is 11.2. The highest BCUT2D eigenvalue weighted by molar-refractivity contribution is 7.17. The van der Waals surface area contributed by atoms with Gasteiger partial charge in [-0.3, -0.25) is 4.79 Å². The van der Waals surface area contributed by atoms with Gasteiger partial charge in [0.15, 0.2) is 5.01 Å². The molecular formula is C7H11N3OS. The van der Waals surface area contributed by atoms with E-state index >= 15 is 0 Å². The number of amides is 1. The molecular weight excluding hydrogens is 174 g/mol. The molecule has 12 heavy (non-hydrogen) atoms. The minimum Gasteiger partial charge on any atom is -0.389 e. The maximum atomic E-state index is 11.2. The Bertz CT molecular complexity index is 271. The molecule has 0 saturated carbocycles. The number of thiazole rings is 1. The molecule has 3 N–H and O–H groups in total. The predicted molar refractivity (Wildman–Crippen MR) is 49.2 cm³/mol. The van der Waals surface area contributed by atoms with Crippen molar-refractivity contribution in [2.45, 2.75) is 13.3 Å². The van der Waals surface area contributed by atoms with Crippen molar-refractivity contribution in [3.63, 3.8) is 0 Å². The largest absolute Gasteiger partial charge is 0.389 e. The Kier molecular flexibility index (Phi) is 3.04. The fourth-order valence-electron chi connectivity index (χ4n) is 0.706. The average molecular weight is 185 g/mol. The Morgan fingerprint density at radius 1 is 1.83 bits per heavy atom. The topological polar surface area (TPSA) is 68.0 Å². The minimum atomic E-state index is -0.140. The van der Waals surface area contributed by atoms with Crippen LogP contribution < -0.4 is 11.1 Å². The molecule has 1 aromatic rings. The summed E-state index contributed by atoms with van der Waals surface area (Å²) in [6.07, 6.45) is 2.41. The molecule has 0 fully saturated rings. The molecule has 1 amide bonds. The zero-order valence-electron chi connectivity index (χ0n) is 6.83. The summed E-state index contributed by atoms with van der Waals surface area (Å²) in [5, 5.41) is 3.71. The van der Waals surface area contributed by atoms with E-state index in [1.165, 1.54) is 17.5 Å². The SMILES string of the molecule is CCCNC(=O)c1ncc(N)s1. The molecule has 4 nitrogen and oxygen atoms in total. The molecule has 1 heterocycles. The van der Waals surface area contributed by atoms with Crippen LogP contribution in [-0.2, 0) is 0 Å². The highest BCUT2D eigenvalue weighted by Gasteiger charge is 2.07. The molecule has 66 valence electrons. The molecule has 5 heteroatoms. The van der Waals surface area contributed by atoms with Crippen LogP contribution in [0.4, 0.5) is 5.00 Å². The van der Waals surface area contributed by atoms with Crippen LogP contribution in [0.25, 0.3) is 0 Å². The second-order valence-corrected chi connectivity index (χ2v) is 3.39. The molecule has 0 saturated heterocycles. The van der Waals surface area contributed by atoms with Crippen molar-refractivity contribution in [3.05, 3.63) is 11.2 Å². The van der Waals surface area contributed by atoms with Gasteiger partial charge in [-0.05, 0) is 6.42 Å². The number of anilines is 1. The average Bonchev–Trinajstić information content (AvgIpc) is 2.47. The third-order valence-electron chi connectivity index (χ3n) is 1.25. The smallest absolute Gasteiger partial charge is 0.280 e. The van der Waals surface area contributed by atoms with Crippen molar-refractivity contribution in [2.75, 3.05) is 12.3 Å². The highest BCUT2D eigenvalue weighted by atomic mass is 32.1. The number of rotatable bonds is 3. The summed E-state index contributed by atoms with van der Waals surface area (Å²) < 4.78 is 0. The summed E-state index contributed by atoms with van der Waals surface area (Å²) >= 11 is 1.20. The first-order valence-corrected chi connectivity index (χ1v) is 4.55. The van der Waals surface area contributed by atoms with Gasteiger partial charge in [0.25, 0.3) is 5.91 Å². The molecule has 0 aromatic carbocycles. The Morgan fingerprint density at radius 3 is 3.08 bits per heavy atom. The van der Waals surface area contributed by atoms with Gasteiger partial charge < -0.3 is 11.1 Å². The quantitative estimate of drug-likeness (QED) is 0.734. The van der Waals surface area contributed by atoms with Crippen LogP contribution in [0.3, 0.4) is 0 Å². The van der Waals surface area contributed by atoms with E-state index in [0.717, 1.165) is 6.42 Å². The van der Waals surface area contributed by atoms with E-state index in [4.69, 9.17) is 5.73 Å². The summed E-state index contributed by atoms with van der Waals surface area (Å²) in [5.74, 6) is -0.140. The highest BCUT2D eigenvalue weighted by Crippen LogP contribution is 2.13. The van der Waals surface area contributed by atoms with Gasteiger partial charge in [-0.1, -0.05) is 18.3 Å². The number of nitrogens with two attached hydrogens (primary N) is 1. The molecule has 0 radical (unpaired) electrons. The lowest BCUT2D eigenvalue weighted by molar-refractivity contribution is 0.0953. The van der Waals surface area contributed by atoms with Crippen molar-refractivity contribution in [3.8, 4) is 0 Å². The normalized spacial score (nSPS) is 9.75. The van der Waals surface area contributed by atoms with Gasteiger partial charge in [-0.25, -0.2) is 4.98 Å². The number of aromatic nitrogens is 1. The number of hydrogen-bond donors (Lipinski definition) is 2. The van der Waals surface area contributed by atoms with E-state index < -0.39 is 0 Å². The number of hydrogen-bond acceptors (Lipinski definition) is 4. The van der Waals surface area contributed by atoms with Crippen LogP contribution in [0.2, 0.25) is 0 Å². The van der Waals surface area contributed by atoms with Crippen molar-refractivity contribution >= 4 is 22.2 Å². The van der Waals surface area contributed by atoms with Gasteiger partial charge in [-0.2, -0.15) is 0 Å². The molecule has 0 aliphatic heterocycles. The molecule has 0 spiro atoms. The van der Waals surface area contributed by atoms with Gasteiger partial charge in [0.1, 0.15) is 5.00 Å². The van der Waals surface area contributed by atoms with Crippen LogP contribution in [0.15, 0.2) is 6.20 Å². The van der Waals surface area contributed by atoms with Gasteiger partial charge in [0, 0.05) is 6.54 Å². The fourth-order valence-corrected chi connectivity index (χ4v) is 1.30. The number of nitrogen functional groups attached to an aromatic ring is 1. The molecule has 0 unspecified atom stereocenters. The van der Waals surface area contributed by atoms with Gasteiger partial charge in [0.2, 0.25) is 0 Å². The molecule has 0 bridgehead atoms.